The lowest BCUT2D eigenvalue weighted by Gasteiger charge is -2.12. The number of methoxy groups -OCH3 is 1. The van der Waals surface area contributed by atoms with Gasteiger partial charge in [-0.3, -0.25) is 19.7 Å². The van der Waals surface area contributed by atoms with E-state index in [9.17, 15) is 19.7 Å². The van der Waals surface area contributed by atoms with Crippen LogP contribution in [0.3, 0.4) is 0 Å². The number of hydrogen-bond acceptors (Lipinski definition) is 7. The Labute approximate surface area is 191 Å². The first kappa shape index (κ1) is 24.7. The van der Waals surface area contributed by atoms with Crippen LogP contribution in [-0.2, 0) is 20.7 Å². The maximum Gasteiger partial charge on any atom is 0.305 e. The molecular weight excluding hydrogens is 434 g/mol. The molecule has 2 aromatic rings. The van der Waals surface area contributed by atoms with Crippen LogP contribution in [0.25, 0.3) is 0 Å². The fraction of sp³-hybridized carbons (Fsp3) is 0.318. The standard InChI is InChI=1S/C22H25N3O6S/c1-30-19-15-17(25(28)29)12-13-18(19)23-22(32)24-20(26)10-5-11-21(27)31-14-6-9-16-7-3-2-4-8-16/h2-4,7-8,12-13,15H,5-6,9-11,14H2,1H3,(H2,23,24,26,32). The second-order valence-corrected chi connectivity index (χ2v) is 7.22. The second kappa shape index (κ2) is 13.0. The highest BCUT2D eigenvalue weighted by molar-refractivity contribution is 7.80. The number of nitrogens with zero attached hydrogens (tertiary/aromatic N) is 1. The van der Waals surface area contributed by atoms with E-state index in [-0.39, 0.29) is 41.3 Å². The largest absolute Gasteiger partial charge is 0.494 e. The number of ether oxygens (including phenoxy) is 2. The molecule has 0 spiro atoms. The first-order valence-electron chi connectivity index (χ1n) is 10.0. The number of benzene rings is 2. The number of nitrogens with one attached hydrogen (secondary N) is 2. The molecule has 0 aliphatic rings. The maximum absolute atomic E-state index is 12.0. The van der Waals surface area contributed by atoms with Crippen molar-refractivity contribution < 1.29 is 24.0 Å². The van der Waals surface area contributed by atoms with Gasteiger partial charge in [-0.05, 0) is 43.1 Å². The summed E-state index contributed by atoms with van der Waals surface area (Å²) in [5, 5.41) is 16.1. The third-order valence-electron chi connectivity index (χ3n) is 4.40. The van der Waals surface area contributed by atoms with Crippen molar-refractivity contribution in [3.05, 3.63) is 64.2 Å². The number of carbonyl (C=O) groups excluding carboxylic acids is 2. The molecule has 0 aromatic heterocycles. The van der Waals surface area contributed by atoms with Gasteiger partial charge in [0.2, 0.25) is 5.91 Å². The Morgan fingerprint density at radius 2 is 1.84 bits per heavy atom. The van der Waals surface area contributed by atoms with Crippen molar-refractivity contribution in [2.75, 3.05) is 19.0 Å². The minimum atomic E-state index is -0.541. The Hall–Kier alpha value is -3.53. The molecule has 0 saturated heterocycles. The van der Waals surface area contributed by atoms with Gasteiger partial charge in [0, 0.05) is 18.9 Å². The average molecular weight is 460 g/mol. The summed E-state index contributed by atoms with van der Waals surface area (Å²) in [5.74, 6) is -0.492. The molecule has 0 heterocycles. The summed E-state index contributed by atoms with van der Waals surface area (Å²) in [6, 6.07) is 13.9. The molecule has 0 fully saturated rings. The first-order chi connectivity index (χ1) is 15.4. The van der Waals surface area contributed by atoms with Gasteiger partial charge in [0.05, 0.1) is 30.4 Å². The van der Waals surface area contributed by atoms with E-state index < -0.39 is 4.92 Å². The zero-order valence-corrected chi connectivity index (χ0v) is 18.5. The SMILES string of the molecule is COc1cc([N+](=O)[O-])ccc1NC(=S)NC(=O)CCCC(=O)OCCCc1ccccc1. The van der Waals surface area contributed by atoms with Gasteiger partial charge in [0.1, 0.15) is 5.75 Å². The van der Waals surface area contributed by atoms with E-state index >= 15 is 0 Å². The summed E-state index contributed by atoms with van der Waals surface area (Å²) in [7, 11) is 1.37. The molecule has 9 nitrogen and oxygen atoms in total. The van der Waals surface area contributed by atoms with E-state index in [2.05, 4.69) is 10.6 Å². The Bertz CT molecular complexity index is 952. The van der Waals surface area contributed by atoms with Gasteiger partial charge in [-0.1, -0.05) is 30.3 Å². The molecule has 0 aliphatic heterocycles. The number of esters is 1. The van der Waals surface area contributed by atoms with E-state index in [0.29, 0.717) is 18.7 Å². The van der Waals surface area contributed by atoms with Crippen molar-refractivity contribution in [3.63, 3.8) is 0 Å². The number of hydrogen-bond donors (Lipinski definition) is 2. The number of carbonyl (C=O) groups is 2. The van der Waals surface area contributed by atoms with Gasteiger partial charge in [0.15, 0.2) is 5.11 Å². The highest BCUT2D eigenvalue weighted by Crippen LogP contribution is 2.28. The number of amides is 1. The van der Waals surface area contributed by atoms with Crippen molar-refractivity contribution in [2.24, 2.45) is 0 Å². The van der Waals surface area contributed by atoms with Gasteiger partial charge in [-0.15, -0.1) is 0 Å². The highest BCUT2D eigenvalue weighted by atomic mass is 32.1. The van der Waals surface area contributed by atoms with Crippen molar-refractivity contribution in [1.29, 1.82) is 0 Å². The van der Waals surface area contributed by atoms with Crippen LogP contribution in [0, 0.1) is 10.1 Å². The third-order valence-corrected chi connectivity index (χ3v) is 4.60. The third kappa shape index (κ3) is 8.68. The Kier molecular flexibility index (Phi) is 10.1. The number of rotatable bonds is 11. The minimum absolute atomic E-state index is 0.0191. The summed E-state index contributed by atoms with van der Waals surface area (Å²) in [6.45, 7) is 0.338. The summed E-state index contributed by atoms with van der Waals surface area (Å²) in [4.78, 5) is 34.1. The second-order valence-electron chi connectivity index (χ2n) is 6.81. The van der Waals surface area contributed by atoms with Gasteiger partial charge in [-0.25, -0.2) is 0 Å². The van der Waals surface area contributed by atoms with Crippen LogP contribution in [0.15, 0.2) is 48.5 Å². The summed E-state index contributed by atoms with van der Waals surface area (Å²) in [6.07, 6.45) is 2.13. The lowest BCUT2D eigenvalue weighted by atomic mass is 10.1. The van der Waals surface area contributed by atoms with E-state index in [1.54, 1.807) is 0 Å². The lowest BCUT2D eigenvalue weighted by molar-refractivity contribution is -0.384. The van der Waals surface area contributed by atoms with E-state index in [1.807, 2.05) is 30.3 Å². The topological polar surface area (TPSA) is 120 Å². The Balaban J connectivity index is 1.64. The zero-order valence-electron chi connectivity index (χ0n) is 17.7. The number of anilines is 1. The Morgan fingerprint density at radius 1 is 1.09 bits per heavy atom. The van der Waals surface area contributed by atoms with Crippen LogP contribution >= 0.6 is 12.2 Å². The van der Waals surface area contributed by atoms with Crippen molar-refractivity contribution in [1.82, 2.24) is 5.32 Å². The summed E-state index contributed by atoms with van der Waals surface area (Å²) < 4.78 is 10.3. The molecule has 0 radical (unpaired) electrons. The lowest BCUT2D eigenvalue weighted by Crippen LogP contribution is -2.34. The number of nitro benzene ring substituents is 1. The van der Waals surface area contributed by atoms with Crippen LogP contribution in [0.5, 0.6) is 5.75 Å². The van der Waals surface area contributed by atoms with Gasteiger partial charge in [0.25, 0.3) is 5.69 Å². The summed E-state index contributed by atoms with van der Waals surface area (Å²) >= 11 is 5.09. The predicted molar refractivity (Wildman–Crippen MR) is 124 cm³/mol. The van der Waals surface area contributed by atoms with Gasteiger partial charge >= 0.3 is 5.97 Å². The molecule has 10 heteroatoms. The normalized spacial score (nSPS) is 10.2. The van der Waals surface area contributed by atoms with Crippen molar-refractivity contribution in [3.8, 4) is 5.75 Å². The van der Waals surface area contributed by atoms with E-state index in [0.717, 1.165) is 12.8 Å². The van der Waals surface area contributed by atoms with Crippen LogP contribution in [0.2, 0.25) is 0 Å². The molecule has 0 unspecified atom stereocenters. The van der Waals surface area contributed by atoms with Crippen LogP contribution in [-0.4, -0.2) is 35.6 Å². The molecule has 2 N–H and O–H groups in total. The van der Waals surface area contributed by atoms with E-state index in [1.165, 1.54) is 30.9 Å². The van der Waals surface area contributed by atoms with Gasteiger partial charge < -0.3 is 20.1 Å². The quantitative estimate of drug-likeness (QED) is 0.171. The molecule has 2 aromatic carbocycles. The average Bonchev–Trinajstić information content (AvgIpc) is 2.77. The molecule has 0 bridgehead atoms. The maximum atomic E-state index is 12.0. The molecule has 1 amide bonds. The van der Waals surface area contributed by atoms with Crippen molar-refractivity contribution in [2.45, 2.75) is 32.1 Å². The van der Waals surface area contributed by atoms with Crippen LogP contribution in [0.4, 0.5) is 11.4 Å². The fourth-order valence-electron chi connectivity index (χ4n) is 2.81. The smallest absolute Gasteiger partial charge is 0.305 e. The highest BCUT2D eigenvalue weighted by Gasteiger charge is 2.13. The van der Waals surface area contributed by atoms with Gasteiger partial charge in [-0.2, -0.15) is 0 Å². The molecular formula is C22H25N3O6S. The molecule has 0 aliphatic carbocycles. The van der Waals surface area contributed by atoms with Crippen LogP contribution in [0.1, 0.15) is 31.2 Å². The number of aryl methyl sites for hydroxylation is 1. The first-order valence-corrected chi connectivity index (χ1v) is 10.4. The van der Waals surface area contributed by atoms with Crippen molar-refractivity contribution >= 4 is 40.6 Å². The molecule has 0 saturated carbocycles. The monoisotopic (exact) mass is 459 g/mol. The molecule has 2 rings (SSSR count). The summed E-state index contributed by atoms with van der Waals surface area (Å²) in [5.41, 5.74) is 1.44. The molecule has 170 valence electrons. The van der Waals surface area contributed by atoms with E-state index in [4.69, 9.17) is 21.7 Å². The minimum Gasteiger partial charge on any atom is -0.494 e. The number of thiocarbonyl (C=S) groups is 1. The fourth-order valence-corrected chi connectivity index (χ4v) is 3.04. The predicted octanol–water partition coefficient (Wildman–Crippen LogP) is 3.76. The number of non-ortho nitro benzene ring substituents is 1. The Morgan fingerprint density at radius 3 is 2.53 bits per heavy atom. The molecule has 32 heavy (non-hydrogen) atoms. The zero-order chi connectivity index (χ0) is 23.3. The number of nitro groups is 1. The van der Waals surface area contributed by atoms with Crippen LogP contribution < -0.4 is 15.4 Å². The molecule has 0 atom stereocenters.